The van der Waals surface area contributed by atoms with Gasteiger partial charge in [0.05, 0.1) is 12.8 Å². The van der Waals surface area contributed by atoms with E-state index < -0.39 is 0 Å². The number of fused-ring (bicyclic) bond motifs is 1. The quantitative estimate of drug-likeness (QED) is 0.721. The number of pyridine rings is 1. The van der Waals surface area contributed by atoms with Crippen LogP contribution in [0.3, 0.4) is 0 Å². The van der Waals surface area contributed by atoms with Crippen LogP contribution in [0, 0.1) is 18.3 Å². The lowest BCUT2D eigenvalue weighted by atomic mass is 9.97. The van der Waals surface area contributed by atoms with Gasteiger partial charge in [-0.1, -0.05) is 30.3 Å². The van der Waals surface area contributed by atoms with Gasteiger partial charge in [0.2, 0.25) is 0 Å². The van der Waals surface area contributed by atoms with E-state index in [1.165, 1.54) is 0 Å². The van der Waals surface area contributed by atoms with Gasteiger partial charge in [0.25, 0.3) is 0 Å². The maximum absolute atomic E-state index is 9.92. The Balaban J connectivity index is 2.08. The molecule has 3 heterocycles. The summed E-state index contributed by atoms with van der Waals surface area (Å²) in [6, 6.07) is 12.5. The third kappa shape index (κ3) is 3.24. The van der Waals surface area contributed by atoms with Crippen LogP contribution in [0.15, 0.2) is 30.3 Å². The number of hydrogen-bond donors (Lipinski definition) is 1. The second-order valence-corrected chi connectivity index (χ2v) is 7.69. The van der Waals surface area contributed by atoms with Crippen molar-refractivity contribution in [2.24, 2.45) is 0 Å². The molecule has 29 heavy (non-hydrogen) atoms. The molecular formula is C22H26N6O. The number of nitriles is 1. The number of anilines is 1. The average Bonchev–Trinajstić information content (AvgIpc) is 3.35. The van der Waals surface area contributed by atoms with Gasteiger partial charge >= 0.3 is 0 Å². The summed E-state index contributed by atoms with van der Waals surface area (Å²) in [5, 5.41) is 24.0. The van der Waals surface area contributed by atoms with Gasteiger partial charge < -0.3 is 10.0 Å². The summed E-state index contributed by atoms with van der Waals surface area (Å²) in [6.45, 7) is 2.88. The molecule has 1 atom stereocenters. The minimum atomic E-state index is -0.0251. The molecule has 3 aromatic rings. The van der Waals surface area contributed by atoms with Crippen molar-refractivity contribution >= 4 is 11.5 Å². The molecule has 2 aromatic heterocycles. The van der Waals surface area contributed by atoms with Crippen LogP contribution in [0.1, 0.15) is 29.8 Å². The molecule has 1 aromatic carbocycles. The van der Waals surface area contributed by atoms with Crippen LogP contribution in [0.25, 0.3) is 16.8 Å². The summed E-state index contributed by atoms with van der Waals surface area (Å²) in [7, 11) is 4.19. The first-order chi connectivity index (χ1) is 14.1. The molecule has 1 aliphatic heterocycles. The largest absolute Gasteiger partial charge is 0.396 e. The summed E-state index contributed by atoms with van der Waals surface area (Å²) in [4.78, 5) is 9.20. The highest BCUT2D eigenvalue weighted by atomic mass is 16.3. The van der Waals surface area contributed by atoms with Crippen molar-refractivity contribution in [2.45, 2.75) is 32.4 Å². The highest BCUT2D eigenvalue weighted by Crippen LogP contribution is 2.40. The lowest BCUT2D eigenvalue weighted by Crippen LogP contribution is -2.41. The Kier molecular flexibility index (Phi) is 5.22. The highest BCUT2D eigenvalue weighted by Gasteiger charge is 2.33. The maximum Gasteiger partial charge on any atom is 0.176 e. The van der Waals surface area contributed by atoms with Crippen LogP contribution < -0.4 is 4.90 Å². The number of hydrogen-bond acceptors (Lipinski definition) is 6. The minimum absolute atomic E-state index is 0.0251. The standard InChI is InChI=1S/C22H26N6O/c1-15-17(14-23)21-24-18(11-13-29)25-28(21)22(20(15)16-8-5-4-6-9-16)27-12-7-10-19(27)26(2)3/h4-6,8-9,19,29H,7,10-13H2,1-3H3. The molecule has 0 saturated carbocycles. The fourth-order valence-electron chi connectivity index (χ4n) is 4.32. The summed E-state index contributed by atoms with van der Waals surface area (Å²) < 4.78 is 1.82. The zero-order chi connectivity index (χ0) is 20.5. The lowest BCUT2D eigenvalue weighted by molar-refractivity contribution is 0.296. The van der Waals surface area contributed by atoms with Gasteiger partial charge in [-0.25, -0.2) is 4.98 Å². The SMILES string of the molecule is Cc1c(-c2ccccc2)c(N2CCCC2N(C)C)n2nc(CCO)nc2c1C#N. The normalized spacial score (nSPS) is 16.7. The molecule has 0 radical (unpaired) electrons. The van der Waals surface area contributed by atoms with Gasteiger partial charge in [0, 0.05) is 18.5 Å². The fourth-order valence-corrected chi connectivity index (χ4v) is 4.32. The Morgan fingerprint density at radius 2 is 2.03 bits per heavy atom. The number of aliphatic hydroxyl groups is 1. The number of aromatic nitrogens is 3. The Bertz CT molecular complexity index is 1070. The van der Waals surface area contributed by atoms with Crippen molar-refractivity contribution in [2.75, 3.05) is 32.1 Å². The first-order valence-electron chi connectivity index (χ1n) is 9.98. The number of nitrogens with zero attached hydrogens (tertiary/aromatic N) is 6. The van der Waals surface area contributed by atoms with Crippen LogP contribution in [-0.4, -0.2) is 58.0 Å². The monoisotopic (exact) mass is 390 g/mol. The zero-order valence-electron chi connectivity index (χ0n) is 17.1. The number of aliphatic hydroxyl groups excluding tert-OH is 1. The maximum atomic E-state index is 9.92. The van der Waals surface area contributed by atoms with Crippen molar-refractivity contribution in [1.82, 2.24) is 19.5 Å². The van der Waals surface area contributed by atoms with Gasteiger partial charge in [-0.3, -0.25) is 4.90 Å². The first kappa shape index (κ1) is 19.4. The van der Waals surface area contributed by atoms with E-state index in [0.717, 1.165) is 41.9 Å². The summed E-state index contributed by atoms with van der Waals surface area (Å²) in [5.41, 5.74) is 4.08. The Hall–Kier alpha value is -2.95. The second kappa shape index (κ2) is 7.82. The van der Waals surface area contributed by atoms with Gasteiger partial charge in [-0.15, -0.1) is 5.10 Å². The van der Waals surface area contributed by atoms with E-state index in [2.05, 4.69) is 47.1 Å². The molecular weight excluding hydrogens is 364 g/mol. The molecule has 0 amide bonds. The van der Waals surface area contributed by atoms with Crippen molar-refractivity contribution in [3.05, 3.63) is 47.3 Å². The molecule has 150 valence electrons. The number of rotatable bonds is 5. The molecule has 1 saturated heterocycles. The summed E-state index contributed by atoms with van der Waals surface area (Å²) in [6.07, 6.45) is 2.77. The zero-order valence-corrected chi connectivity index (χ0v) is 17.1. The van der Waals surface area contributed by atoms with Gasteiger partial charge in [-0.2, -0.15) is 9.78 Å². The van der Waals surface area contributed by atoms with Crippen LogP contribution in [0.5, 0.6) is 0 Å². The van der Waals surface area contributed by atoms with Crippen LogP contribution >= 0.6 is 0 Å². The molecule has 0 bridgehead atoms. The molecule has 0 spiro atoms. The van der Waals surface area contributed by atoms with Crippen molar-refractivity contribution in [3.8, 4) is 17.2 Å². The van der Waals surface area contributed by atoms with Crippen molar-refractivity contribution in [3.63, 3.8) is 0 Å². The average molecular weight is 390 g/mol. The Morgan fingerprint density at radius 1 is 1.28 bits per heavy atom. The third-order valence-corrected chi connectivity index (χ3v) is 5.65. The van der Waals surface area contributed by atoms with Crippen molar-refractivity contribution < 1.29 is 5.11 Å². The predicted molar refractivity (Wildman–Crippen MR) is 113 cm³/mol. The van der Waals surface area contributed by atoms with E-state index in [9.17, 15) is 10.4 Å². The van der Waals surface area contributed by atoms with Crippen LogP contribution in [0.2, 0.25) is 0 Å². The summed E-state index contributed by atoms with van der Waals surface area (Å²) >= 11 is 0. The molecule has 7 nitrogen and oxygen atoms in total. The molecule has 0 aliphatic carbocycles. The molecule has 1 unspecified atom stereocenters. The molecule has 1 N–H and O–H groups in total. The van der Waals surface area contributed by atoms with Crippen LogP contribution in [-0.2, 0) is 6.42 Å². The van der Waals surface area contributed by atoms with Gasteiger partial charge in [0.1, 0.15) is 17.5 Å². The fraction of sp³-hybridized carbons (Fsp3) is 0.409. The van der Waals surface area contributed by atoms with E-state index in [1.807, 2.05) is 29.6 Å². The molecule has 1 fully saturated rings. The predicted octanol–water partition coefficient (Wildman–Crippen LogP) is 2.60. The first-order valence-corrected chi connectivity index (χ1v) is 9.98. The van der Waals surface area contributed by atoms with Gasteiger partial charge in [-0.05, 0) is 45.0 Å². The van der Waals surface area contributed by atoms with Gasteiger partial charge in [0.15, 0.2) is 11.5 Å². The highest BCUT2D eigenvalue weighted by molar-refractivity contribution is 5.85. The Labute approximate surface area is 170 Å². The second-order valence-electron chi connectivity index (χ2n) is 7.69. The van der Waals surface area contributed by atoms with Crippen LogP contribution in [0.4, 0.5) is 5.82 Å². The van der Waals surface area contributed by atoms with E-state index in [1.54, 1.807) is 0 Å². The third-order valence-electron chi connectivity index (χ3n) is 5.65. The summed E-state index contributed by atoms with van der Waals surface area (Å²) in [5.74, 6) is 1.52. The lowest BCUT2D eigenvalue weighted by Gasteiger charge is -2.33. The Morgan fingerprint density at radius 3 is 2.69 bits per heavy atom. The smallest absolute Gasteiger partial charge is 0.176 e. The van der Waals surface area contributed by atoms with E-state index >= 15 is 0 Å². The topological polar surface area (TPSA) is 80.7 Å². The molecule has 1 aliphatic rings. The molecule has 7 heteroatoms. The number of benzene rings is 1. The van der Waals surface area contributed by atoms with E-state index in [-0.39, 0.29) is 12.8 Å². The minimum Gasteiger partial charge on any atom is -0.396 e. The van der Waals surface area contributed by atoms with E-state index in [0.29, 0.717) is 23.5 Å². The van der Waals surface area contributed by atoms with E-state index in [4.69, 9.17) is 5.10 Å². The van der Waals surface area contributed by atoms with Crippen molar-refractivity contribution in [1.29, 1.82) is 5.26 Å². The molecule has 4 rings (SSSR count).